The zero-order valence-corrected chi connectivity index (χ0v) is 14.0. The van der Waals surface area contributed by atoms with E-state index in [9.17, 15) is 19.5 Å². The van der Waals surface area contributed by atoms with Gasteiger partial charge in [0.25, 0.3) is 5.78 Å². The van der Waals surface area contributed by atoms with Crippen LogP contribution in [0.5, 0.6) is 11.6 Å². The van der Waals surface area contributed by atoms with Crippen LogP contribution in [0.15, 0.2) is 51.8 Å². The van der Waals surface area contributed by atoms with Crippen molar-refractivity contribution in [2.24, 2.45) is 0 Å². The van der Waals surface area contributed by atoms with Crippen LogP contribution in [0.2, 0.25) is 0 Å². The highest BCUT2D eigenvalue weighted by atomic mass is 16.5. The summed E-state index contributed by atoms with van der Waals surface area (Å²) < 4.78 is 10.6. The zero-order chi connectivity index (χ0) is 19.4. The van der Waals surface area contributed by atoms with Gasteiger partial charge in [0.2, 0.25) is 5.88 Å². The van der Waals surface area contributed by atoms with Crippen molar-refractivity contribution in [3.05, 3.63) is 64.1 Å². The lowest BCUT2D eigenvalue weighted by atomic mass is 10.0. The molecule has 0 saturated carbocycles. The van der Waals surface area contributed by atoms with Crippen molar-refractivity contribution >= 4 is 22.7 Å². The van der Waals surface area contributed by atoms with Crippen molar-refractivity contribution < 1.29 is 29.0 Å². The molecule has 27 heavy (non-hydrogen) atoms. The summed E-state index contributed by atoms with van der Waals surface area (Å²) in [6.45, 7) is 0.292. The summed E-state index contributed by atoms with van der Waals surface area (Å²) in [6, 6.07) is 8.99. The number of benzene rings is 1. The summed E-state index contributed by atoms with van der Waals surface area (Å²) in [5, 5.41) is 19.3. The zero-order valence-electron chi connectivity index (χ0n) is 14.0. The van der Waals surface area contributed by atoms with Crippen LogP contribution < -0.4 is 10.4 Å². The molecule has 2 heterocycles. The van der Waals surface area contributed by atoms with Crippen molar-refractivity contribution in [3.8, 4) is 11.6 Å². The number of ketones is 1. The predicted octanol–water partition coefficient (Wildman–Crippen LogP) is 2.17. The van der Waals surface area contributed by atoms with Crippen LogP contribution in [-0.2, 0) is 11.2 Å². The molecule has 0 bridgehead atoms. The Morgan fingerprint density at radius 3 is 2.70 bits per heavy atom. The van der Waals surface area contributed by atoms with E-state index in [1.54, 1.807) is 24.4 Å². The van der Waals surface area contributed by atoms with Crippen molar-refractivity contribution in [2.45, 2.75) is 12.8 Å². The lowest BCUT2D eigenvalue weighted by Crippen LogP contribution is -2.13. The van der Waals surface area contributed by atoms with Gasteiger partial charge in [-0.05, 0) is 37.1 Å². The number of aromatic nitrogens is 1. The first-order valence-electron chi connectivity index (χ1n) is 8.07. The molecule has 0 atom stereocenters. The Balaban J connectivity index is 1.78. The number of pyridine rings is 1. The van der Waals surface area contributed by atoms with Crippen LogP contribution in [0.3, 0.4) is 0 Å². The molecule has 0 aliphatic heterocycles. The van der Waals surface area contributed by atoms with Crippen LogP contribution in [0.4, 0.5) is 0 Å². The highest BCUT2D eigenvalue weighted by Gasteiger charge is 2.18. The van der Waals surface area contributed by atoms with E-state index in [4.69, 9.17) is 14.3 Å². The molecule has 3 aromatic rings. The van der Waals surface area contributed by atoms with Gasteiger partial charge in [-0.15, -0.1) is 0 Å². The third-order valence-corrected chi connectivity index (χ3v) is 3.89. The standard InChI is InChI=1S/C19H15NO7/c21-16(18(23)24)11-6-7-12-14(10-11)27-19(25)13(17(12)22)4-3-9-26-15-5-1-2-8-20-15/h1-2,5-8,10,22H,3-4,9H2,(H,23,24). The molecule has 138 valence electrons. The molecule has 0 radical (unpaired) electrons. The Hall–Kier alpha value is -3.68. The molecule has 8 heteroatoms. The minimum atomic E-state index is -1.62. The van der Waals surface area contributed by atoms with E-state index in [2.05, 4.69) is 4.98 Å². The minimum absolute atomic E-state index is 0.0573. The second-order valence-corrected chi connectivity index (χ2v) is 5.68. The number of Topliss-reactive ketones (excluding diaryl/α,β-unsaturated/α-hetero) is 1. The number of rotatable bonds is 7. The lowest BCUT2D eigenvalue weighted by Gasteiger charge is -2.08. The molecule has 2 aromatic heterocycles. The number of nitrogens with zero attached hydrogens (tertiary/aromatic N) is 1. The van der Waals surface area contributed by atoms with Crippen LogP contribution in [-0.4, -0.2) is 33.6 Å². The van der Waals surface area contributed by atoms with Gasteiger partial charge in [-0.25, -0.2) is 14.6 Å². The third kappa shape index (κ3) is 3.95. The van der Waals surface area contributed by atoms with E-state index in [1.807, 2.05) is 0 Å². The molecular formula is C19H15NO7. The number of aromatic hydroxyl groups is 1. The average Bonchev–Trinajstić information content (AvgIpc) is 2.67. The summed E-state index contributed by atoms with van der Waals surface area (Å²) in [5.41, 5.74) is -0.866. The van der Waals surface area contributed by atoms with Crippen molar-refractivity contribution in [3.63, 3.8) is 0 Å². The van der Waals surface area contributed by atoms with Crippen molar-refractivity contribution in [1.82, 2.24) is 4.98 Å². The fourth-order valence-electron chi connectivity index (χ4n) is 2.57. The molecular weight excluding hydrogens is 354 g/mol. The Labute approximate surface area is 152 Å². The van der Waals surface area contributed by atoms with Crippen LogP contribution >= 0.6 is 0 Å². The molecule has 0 fully saturated rings. The monoisotopic (exact) mass is 369 g/mol. The van der Waals surface area contributed by atoms with Gasteiger partial charge in [0.1, 0.15) is 11.3 Å². The number of carboxylic acids is 1. The van der Waals surface area contributed by atoms with E-state index in [1.165, 1.54) is 12.1 Å². The lowest BCUT2D eigenvalue weighted by molar-refractivity contribution is -0.131. The van der Waals surface area contributed by atoms with Crippen molar-refractivity contribution in [1.29, 1.82) is 0 Å². The average molecular weight is 369 g/mol. The van der Waals surface area contributed by atoms with E-state index in [-0.39, 0.29) is 34.3 Å². The van der Waals surface area contributed by atoms with Gasteiger partial charge in [0, 0.05) is 17.8 Å². The smallest absolute Gasteiger partial charge is 0.377 e. The molecule has 0 amide bonds. The number of carbonyl (C=O) groups excluding carboxylic acids is 1. The van der Waals surface area contributed by atoms with Crippen LogP contribution in [0.1, 0.15) is 22.3 Å². The molecule has 1 aromatic carbocycles. The second-order valence-electron chi connectivity index (χ2n) is 5.68. The molecule has 0 aliphatic carbocycles. The largest absolute Gasteiger partial charge is 0.507 e. The van der Waals surface area contributed by atoms with Gasteiger partial charge in [-0.1, -0.05) is 6.07 Å². The van der Waals surface area contributed by atoms with E-state index in [0.717, 1.165) is 6.07 Å². The molecule has 0 saturated heterocycles. The van der Waals surface area contributed by atoms with Crippen LogP contribution in [0, 0.1) is 0 Å². The van der Waals surface area contributed by atoms with Crippen molar-refractivity contribution in [2.75, 3.05) is 6.61 Å². The first-order valence-corrected chi connectivity index (χ1v) is 8.07. The second kappa shape index (κ2) is 7.69. The van der Waals surface area contributed by atoms with E-state index >= 15 is 0 Å². The Kier molecular flexibility index (Phi) is 5.16. The number of ether oxygens (including phenoxy) is 1. The number of carbonyl (C=O) groups is 2. The summed E-state index contributed by atoms with van der Waals surface area (Å²) in [7, 11) is 0. The summed E-state index contributed by atoms with van der Waals surface area (Å²) >= 11 is 0. The number of hydrogen-bond acceptors (Lipinski definition) is 7. The number of carboxylic acid groups (broad SMARTS) is 1. The fraction of sp³-hybridized carbons (Fsp3) is 0.158. The first-order chi connectivity index (χ1) is 13.0. The highest BCUT2D eigenvalue weighted by Crippen LogP contribution is 2.28. The Morgan fingerprint density at radius 1 is 1.19 bits per heavy atom. The maximum atomic E-state index is 12.2. The number of fused-ring (bicyclic) bond motifs is 1. The normalized spacial score (nSPS) is 10.7. The Bertz CT molecular complexity index is 1060. The van der Waals surface area contributed by atoms with Gasteiger partial charge in [0.15, 0.2) is 0 Å². The number of hydrogen-bond donors (Lipinski definition) is 2. The molecule has 8 nitrogen and oxygen atoms in total. The third-order valence-electron chi connectivity index (χ3n) is 3.89. The fourth-order valence-corrected chi connectivity index (χ4v) is 2.57. The van der Waals surface area contributed by atoms with E-state index < -0.39 is 17.4 Å². The van der Waals surface area contributed by atoms with Gasteiger partial charge in [-0.2, -0.15) is 0 Å². The molecule has 0 unspecified atom stereocenters. The summed E-state index contributed by atoms with van der Waals surface area (Å²) in [5.74, 6) is -2.54. The molecule has 0 aliphatic rings. The SMILES string of the molecule is O=C(O)C(=O)c1ccc2c(O)c(CCCOc3ccccn3)c(=O)oc2c1. The molecule has 2 N–H and O–H groups in total. The quantitative estimate of drug-likeness (QED) is 0.281. The summed E-state index contributed by atoms with van der Waals surface area (Å²) in [4.78, 5) is 38.4. The Morgan fingerprint density at radius 2 is 2.00 bits per heavy atom. The predicted molar refractivity (Wildman–Crippen MR) is 94.2 cm³/mol. The van der Waals surface area contributed by atoms with Crippen LogP contribution in [0.25, 0.3) is 11.0 Å². The maximum absolute atomic E-state index is 12.2. The minimum Gasteiger partial charge on any atom is -0.507 e. The van der Waals surface area contributed by atoms with Gasteiger partial charge >= 0.3 is 11.6 Å². The molecule has 0 spiro atoms. The van der Waals surface area contributed by atoms with E-state index in [0.29, 0.717) is 18.9 Å². The van der Waals surface area contributed by atoms with Gasteiger partial charge in [0.05, 0.1) is 17.6 Å². The first kappa shape index (κ1) is 18.1. The summed E-state index contributed by atoms with van der Waals surface area (Å²) in [6.07, 6.45) is 2.26. The molecule has 3 rings (SSSR count). The van der Waals surface area contributed by atoms with Gasteiger partial charge in [-0.3, -0.25) is 4.79 Å². The maximum Gasteiger partial charge on any atom is 0.377 e. The number of aliphatic carboxylic acids is 1. The highest BCUT2D eigenvalue weighted by molar-refractivity contribution is 6.40. The topological polar surface area (TPSA) is 127 Å². The van der Waals surface area contributed by atoms with Gasteiger partial charge < -0.3 is 19.4 Å².